The minimum atomic E-state index is -0.419. The highest BCUT2D eigenvalue weighted by Gasteiger charge is 2.46. The van der Waals surface area contributed by atoms with E-state index in [0.717, 1.165) is 50.1 Å². The Bertz CT molecular complexity index is 3620. The lowest BCUT2D eigenvalue weighted by Crippen LogP contribution is -2.28. The predicted molar refractivity (Wildman–Crippen MR) is 274 cm³/mol. The summed E-state index contributed by atoms with van der Waals surface area (Å²) in [5.41, 5.74) is 22.3. The molecule has 2 aliphatic rings. The van der Waals surface area contributed by atoms with Gasteiger partial charge in [-0.15, -0.1) is 0 Å². The minimum absolute atomic E-state index is 0.128. The molecule has 0 N–H and O–H groups in total. The molecule has 0 radical (unpaired) electrons. The first-order chi connectivity index (χ1) is 32.5. The van der Waals surface area contributed by atoms with Crippen LogP contribution in [0.15, 0.2) is 241 Å². The molecule has 10 aromatic carbocycles. The van der Waals surface area contributed by atoms with Gasteiger partial charge in [-0.2, -0.15) is 0 Å². The fourth-order valence-corrected chi connectivity index (χ4v) is 11.5. The Labute approximate surface area is 385 Å². The van der Waals surface area contributed by atoms with Crippen LogP contribution < -0.4 is 4.90 Å². The summed E-state index contributed by atoms with van der Waals surface area (Å²) in [5, 5.41) is 2.27. The third kappa shape index (κ3) is 5.61. The van der Waals surface area contributed by atoms with E-state index in [1.807, 2.05) is 12.1 Å². The molecule has 0 spiro atoms. The highest BCUT2D eigenvalue weighted by Crippen LogP contribution is 2.57. The normalized spacial score (nSPS) is 13.8. The average molecular weight is 844 g/mol. The summed E-state index contributed by atoms with van der Waals surface area (Å²) in [6.07, 6.45) is 0. The zero-order chi connectivity index (χ0) is 44.0. The van der Waals surface area contributed by atoms with Crippen molar-refractivity contribution in [1.29, 1.82) is 0 Å². The molecular weight excluding hydrogens is 799 g/mol. The van der Waals surface area contributed by atoms with E-state index in [1.165, 1.54) is 66.8 Å². The van der Waals surface area contributed by atoms with Crippen LogP contribution >= 0.6 is 0 Å². The van der Waals surface area contributed by atoms with Gasteiger partial charge < -0.3 is 9.32 Å². The number of benzene rings is 10. The molecule has 11 aromatic rings. The van der Waals surface area contributed by atoms with E-state index in [-0.39, 0.29) is 5.41 Å². The summed E-state index contributed by atoms with van der Waals surface area (Å²) >= 11 is 0. The van der Waals surface area contributed by atoms with Gasteiger partial charge in [0.25, 0.3) is 0 Å². The van der Waals surface area contributed by atoms with Gasteiger partial charge in [-0.05, 0) is 121 Å². The van der Waals surface area contributed by atoms with Crippen LogP contribution in [0.1, 0.15) is 47.2 Å². The highest BCUT2D eigenvalue weighted by atomic mass is 16.3. The van der Waals surface area contributed by atoms with E-state index >= 15 is 0 Å². The van der Waals surface area contributed by atoms with Gasteiger partial charge in [0.2, 0.25) is 0 Å². The lowest BCUT2D eigenvalue weighted by Gasteiger charge is -2.33. The Morgan fingerprint density at radius 2 is 0.848 bits per heavy atom. The first-order valence-corrected chi connectivity index (χ1v) is 23.0. The van der Waals surface area contributed by atoms with E-state index in [2.05, 4.69) is 243 Å². The molecule has 0 aliphatic heterocycles. The molecule has 0 unspecified atom stereocenters. The Balaban J connectivity index is 0.920. The molecule has 2 heteroatoms. The molecule has 0 fully saturated rings. The zero-order valence-corrected chi connectivity index (χ0v) is 36.9. The molecular formula is C64H45NO. The van der Waals surface area contributed by atoms with E-state index in [4.69, 9.17) is 4.42 Å². The Hall–Kier alpha value is -8.20. The van der Waals surface area contributed by atoms with Crippen LogP contribution in [0, 0.1) is 0 Å². The van der Waals surface area contributed by atoms with Gasteiger partial charge in [0, 0.05) is 38.8 Å². The van der Waals surface area contributed by atoms with Crippen LogP contribution in [-0.2, 0) is 10.8 Å². The summed E-state index contributed by atoms with van der Waals surface area (Å²) in [6.45, 7) is 4.71. The number of hydrogen-bond acceptors (Lipinski definition) is 2. The van der Waals surface area contributed by atoms with E-state index in [9.17, 15) is 0 Å². The van der Waals surface area contributed by atoms with Crippen molar-refractivity contribution in [2.45, 2.75) is 24.7 Å². The molecule has 66 heavy (non-hydrogen) atoms. The molecule has 1 aromatic heterocycles. The molecule has 2 aliphatic carbocycles. The molecule has 0 bridgehead atoms. The predicted octanol–water partition coefficient (Wildman–Crippen LogP) is 17.1. The van der Waals surface area contributed by atoms with E-state index in [0.29, 0.717) is 0 Å². The van der Waals surface area contributed by atoms with Crippen LogP contribution in [0.25, 0.3) is 66.4 Å². The Morgan fingerprint density at radius 3 is 1.56 bits per heavy atom. The second-order valence-corrected chi connectivity index (χ2v) is 18.4. The number of furan rings is 1. The fraction of sp³-hybridized carbons (Fsp3) is 0.0625. The number of para-hydroxylation sites is 2. The quantitative estimate of drug-likeness (QED) is 0.159. The summed E-state index contributed by atoms with van der Waals surface area (Å²) < 4.78 is 6.47. The van der Waals surface area contributed by atoms with Crippen LogP contribution in [0.4, 0.5) is 17.1 Å². The molecule has 0 saturated carbocycles. The molecule has 1 heterocycles. The molecule has 2 nitrogen and oxygen atoms in total. The van der Waals surface area contributed by atoms with Crippen molar-refractivity contribution < 1.29 is 4.42 Å². The minimum Gasteiger partial charge on any atom is -0.455 e. The van der Waals surface area contributed by atoms with Crippen molar-refractivity contribution in [3.63, 3.8) is 0 Å². The fourth-order valence-electron chi connectivity index (χ4n) is 11.5. The maximum absolute atomic E-state index is 6.47. The highest BCUT2D eigenvalue weighted by molar-refractivity contribution is 6.09. The molecule has 0 amide bonds. The Morgan fingerprint density at radius 1 is 0.333 bits per heavy atom. The van der Waals surface area contributed by atoms with Gasteiger partial charge in [0.1, 0.15) is 11.2 Å². The van der Waals surface area contributed by atoms with Gasteiger partial charge >= 0.3 is 0 Å². The standard InChI is InChI=1S/C64H45NO/c1-63(2)57-25-12-9-20-51(57)53-38-37-49(41-60(53)63)65(48-35-30-43(31-36-48)50-23-15-24-55-54-22-11-14-27-61(54)66-62(50)55)47-33-28-42(29-34-47)44-32-39-59-56(40-44)52-21-10-13-26-58(52)64(59,45-16-5-3-6-17-45)46-18-7-4-8-19-46/h3-41H,1-2H3. The maximum Gasteiger partial charge on any atom is 0.143 e. The van der Waals surface area contributed by atoms with Gasteiger partial charge in [-0.3, -0.25) is 0 Å². The van der Waals surface area contributed by atoms with E-state index in [1.54, 1.807) is 0 Å². The van der Waals surface area contributed by atoms with Crippen molar-refractivity contribution in [3.8, 4) is 44.5 Å². The molecule has 0 saturated heterocycles. The summed E-state index contributed by atoms with van der Waals surface area (Å²) in [7, 11) is 0. The van der Waals surface area contributed by atoms with Crippen molar-refractivity contribution in [2.75, 3.05) is 4.90 Å². The van der Waals surface area contributed by atoms with Crippen molar-refractivity contribution >= 4 is 39.0 Å². The lowest BCUT2D eigenvalue weighted by atomic mass is 9.67. The zero-order valence-electron chi connectivity index (χ0n) is 36.9. The summed E-state index contributed by atoms with van der Waals surface area (Å²) in [5.74, 6) is 0. The first kappa shape index (κ1) is 38.3. The largest absolute Gasteiger partial charge is 0.455 e. The Kier molecular flexibility index (Phi) is 8.51. The average Bonchev–Trinajstić information content (AvgIpc) is 3.99. The molecule has 0 atom stereocenters. The monoisotopic (exact) mass is 843 g/mol. The van der Waals surface area contributed by atoms with Gasteiger partial charge in [0.15, 0.2) is 0 Å². The third-order valence-corrected chi connectivity index (χ3v) is 14.6. The second kappa shape index (κ2) is 14.7. The number of fused-ring (bicyclic) bond motifs is 9. The van der Waals surface area contributed by atoms with Crippen LogP contribution in [0.3, 0.4) is 0 Å². The number of hydrogen-bond donors (Lipinski definition) is 0. The van der Waals surface area contributed by atoms with Gasteiger partial charge in [-0.25, -0.2) is 0 Å². The van der Waals surface area contributed by atoms with Crippen LogP contribution in [-0.4, -0.2) is 0 Å². The maximum atomic E-state index is 6.47. The topological polar surface area (TPSA) is 16.4 Å². The van der Waals surface area contributed by atoms with Crippen LogP contribution in [0.2, 0.25) is 0 Å². The smallest absolute Gasteiger partial charge is 0.143 e. The van der Waals surface area contributed by atoms with Crippen molar-refractivity contribution in [1.82, 2.24) is 0 Å². The van der Waals surface area contributed by atoms with Crippen molar-refractivity contribution in [3.05, 3.63) is 270 Å². The second-order valence-electron chi connectivity index (χ2n) is 18.4. The first-order valence-electron chi connectivity index (χ1n) is 23.0. The number of nitrogens with zero attached hydrogens (tertiary/aromatic N) is 1. The molecule has 13 rings (SSSR count). The van der Waals surface area contributed by atoms with Crippen molar-refractivity contribution in [2.24, 2.45) is 0 Å². The summed E-state index contributed by atoms with van der Waals surface area (Å²) in [6, 6.07) is 86.9. The lowest BCUT2D eigenvalue weighted by molar-refractivity contribution is 0.660. The van der Waals surface area contributed by atoms with Gasteiger partial charge in [-0.1, -0.05) is 202 Å². The summed E-state index contributed by atoms with van der Waals surface area (Å²) in [4.78, 5) is 2.40. The van der Waals surface area contributed by atoms with Gasteiger partial charge in [0.05, 0.1) is 5.41 Å². The number of anilines is 3. The van der Waals surface area contributed by atoms with Crippen LogP contribution in [0.5, 0.6) is 0 Å². The third-order valence-electron chi connectivity index (χ3n) is 14.6. The number of rotatable bonds is 7. The SMILES string of the molecule is CC1(C)c2ccccc2-c2ccc(N(c3ccc(-c4ccc5c(c4)-c4ccccc4C5(c4ccccc4)c4ccccc4)cc3)c3ccc(-c4cccc5c4oc4ccccc45)cc3)cc21. The molecule has 312 valence electrons. The van der Waals surface area contributed by atoms with E-state index < -0.39 is 5.41 Å².